The second-order valence-corrected chi connectivity index (χ2v) is 11.4. The van der Waals surface area contributed by atoms with Gasteiger partial charge in [-0.1, -0.05) is 54.4 Å². The number of benzene rings is 3. The Balaban J connectivity index is 2.02. The minimum atomic E-state index is -4.16. The molecule has 0 radical (unpaired) electrons. The summed E-state index contributed by atoms with van der Waals surface area (Å²) < 4.78 is 33.9. The lowest BCUT2D eigenvalue weighted by atomic mass is 10.1. The molecule has 0 spiro atoms. The van der Waals surface area contributed by atoms with Crippen LogP contribution in [-0.2, 0) is 26.2 Å². The van der Waals surface area contributed by atoms with Gasteiger partial charge in [-0.2, -0.15) is 0 Å². The average molecular weight is 572 g/mol. The van der Waals surface area contributed by atoms with Gasteiger partial charge in [0.2, 0.25) is 11.8 Å². The van der Waals surface area contributed by atoms with Gasteiger partial charge in [0.1, 0.15) is 18.3 Å². The Kier molecular flexibility index (Phi) is 10.4. The molecule has 0 aliphatic heterocycles. The topological polar surface area (TPSA) is 96.0 Å². The average Bonchev–Trinajstić information content (AvgIpc) is 2.94. The third kappa shape index (κ3) is 7.52. The fourth-order valence-electron chi connectivity index (χ4n) is 3.90. The van der Waals surface area contributed by atoms with Crippen molar-refractivity contribution in [2.24, 2.45) is 0 Å². The first-order chi connectivity index (χ1) is 18.6. The largest absolute Gasteiger partial charge is 0.497 e. The lowest BCUT2D eigenvalue weighted by Crippen LogP contribution is -2.51. The number of ether oxygens (including phenoxy) is 1. The summed E-state index contributed by atoms with van der Waals surface area (Å²) in [6.45, 7) is 5.41. The van der Waals surface area contributed by atoms with Crippen LogP contribution in [0.1, 0.15) is 31.4 Å². The third-order valence-electron chi connectivity index (χ3n) is 6.26. The number of halogens is 1. The molecule has 3 aromatic rings. The van der Waals surface area contributed by atoms with Crippen molar-refractivity contribution in [2.75, 3.05) is 24.5 Å². The monoisotopic (exact) mass is 571 g/mol. The van der Waals surface area contributed by atoms with Crippen molar-refractivity contribution in [1.82, 2.24) is 10.2 Å². The van der Waals surface area contributed by atoms with Crippen LogP contribution in [0.15, 0.2) is 77.7 Å². The van der Waals surface area contributed by atoms with Crippen LogP contribution in [0.5, 0.6) is 5.75 Å². The van der Waals surface area contributed by atoms with Crippen LogP contribution in [0.25, 0.3) is 0 Å². The number of nitrogens with zero attached hydrogens (tertiary/aromatic N) is 2. The van der Waals surface area contributed by atoms with Crippen molar-refractivity contribution in [3.63, 3.8) is 0 Å². The number of hydrogen-bond donors (Lipinski definition) is 1. The Labute approximate surface area is 235 Å². The zero-order chi connectivity index (χ0) is 28.6. The minimum absolute atomic E-state index is 0.00284. The van der Waals surface area contributed by atoms with Crippen molar-refractivity contribution >= 4 is 39.1 Å². The van der Waals surface area contributed by atoms with Gasteiger partial charge in [-0.3, -0.25) is 13.9 Å². The van der Waals surface area contributed by atoms with Gasteiger partial charge in [0, 0.05) is 18.1 Å². The van der Waals surface area contributed by atoms with Gasteiger partial charge in [0.15, 0.2) is 0 Å². The standard InChI is InChI=1S/C29H34ClN3O5S/c1-5-18-31-29(35)22(3)32(19-23-8-6-7-9-27(23)30)28(34)20-33(24-12-10-21(2)11-13-24)39(36,37)26-16-14-25(38-4)15-17-26/h6-17,22H,5,18-20H2,1-4H3,(H,31,35)/t22-/m0/s1. The van der Waals surface area contributed by atoms with Crippen LogP contribution in [0.3, 0.4) is 0 Å². The molecular formula is C29H34ClN3O5S. The molecule has 1 N–H and O–H groups in total. The molecule has 2 amide bonds. The van der Waals surface area contributed by atoms with E-state index in [0.717, 1.165) is 16.3 Å². The molecule has 0 saturated heterocycles. The van der Waals surface area contributed by atoms with E-state index in [1.54, 1.807) is 67.6 Å². The lowest BCUT2D eigenvalue weighted by Gasteiger charge is -2.32. The highest BCUT2D eigenvalue weighted by molar-refractivity contribution is 7.92. The Morgan fingerprint density at radius 1 is 1.00 bits per heavy atom. The summed E-state index contributed by atoms with van der Waals surface area (Å²) in [7, 11) is -2.67. The first-order valence-electron chi connectivity index (χ1n) is 12.6. The number of aryl methyl sites for hydroxylation is 1. The smallest absolute Gasteiger partial charge is 0.264 e. The molecule has 0 saturated carbocycles. The number of methoxy groups -OCH3 is 1. The molecule has 0 aliphatic carbocycles. The summed E-state index contributed by atoms with van der Waals surface area (Å²) in [6, 6.07) is 19.0. The Bertz CT molecular complexity index is 1380. The minimum Gasteiger partial charge on any atom is -0.497 e. The SMILES string of the molecule is CCCNC(=O)[C@H](C)N(Cc1ccccc1Cl)C(=O)CN(c1ccc(C)cc1)S(=O)(=O)c1ccc(OC)cc1. The van der Waals surface area contributed by atoms with Gasteiger partial charge in [-0.05, 0) is 68.3 Å². The summed E-state index contributed by atoms with van der Waals surface area (Å²) in [4.78, 5) is 28.2. The number of carbonyl (C=O) groups is 2. The van der Waals surface area contributed by atoms with Crippen molar-refractivity contribution in [3.8, 4) is 5.75 Å². The molecule has 0 aromatic heterocycles. The van der Waals surface area contributed by atoms with Gasteiger partial charge in [0.05, 0.1) is 17.7 Å². The summed E-state index contributed by atoms with van der Waals surface area (Å²) in [5, 5.41) is 3.26. The maximum absolute atomic E-state index is 13.9. The molecule has 8 nitrogen and oxygen atoms in total. The Morgan fingerprint density at radius 3 is 2.23 bits per heavy atom. The van der Waals surface area contributed by atoms with E-state index in [0.29, 0.717) is 28.6 Å². The molecule has 3 aromatic carbocycles. The number of amides is 2. The fraction of sp³-hybridized carbons (Fsp3) is 0.310. The van der Waals surface area contributed by atoms with E-state index in [-0.39, 0.29) is 17.3 Å². The number of hydrogen-bond acceptors (Lipinski definition) is 5. The molecule has 3 rings (SSSR count). The molecular weight excluding hydrogens is 538 g/mol. The fourth-order valence-corrected chi connectivity index (χ4v) is 5.51. The second kappa shape index (κ2) is 13.5. The third-order valence-corrected chi connectivity index (χ3v) is 8.42. The maximum Gasteiger partial charge on any atom is 0.264 e. The quantitative estimate of drug-likeness (QED) is 0.337. The number of nitrogens with one attached hydrogen (secondary N) is 1. The summed E-state index contributed by atoms with van der Waals surface area (Å²) in [5.74, 6) is -0.381. The lowest BCUT2D eigenvalue weighted by molar-refractivity contribution is -0.139. The molecule has 0 heterocycles. The Hall–Kier alpha value is -3.56. The zero-order valence-electron chi connectivity index (χ0n) is 22.6. The van der Waals surface area contributed by atoms with Crippen molar-refractivity contribution in [2.45, 2.75) is 44.7 Å². The van der Waals surface area contributed by atoms with Crippen LogP contribution in [0.4, 0.5) is 5.69 Å². The Morgan fingerprint density at radius 2 is 1.64 bits per heavy atom. The zero-order valence-corrected chi connectivity index (χ0v) is 24.1. The molecule has 39 heavy (non-hydrogen) atoms. The number of carbonyl (C=O) groups excluding carboxylic acids is 2. The van der Waals surface area contributed by atoms with Crippen LogP contribution < -0.4 is 14.4 Å². The second-order valence-electron chi connectivity index (χ2n) is 9.10. The van der Waals surface area contributed by atoms with Gasteiger partial charge in [0.25, 0.3) is 10.0 Å². The number of rotatable bonds is 12. The van der Waals surface area contributed by atoms with E-state index in [1.165, 1.54) is 24.1 Å². The summed E-state index contributed by atoms with van der Waals surface area (Å²) in [5.41, 5.74) is 1.90. The van der Waals surface area contributed by atoms with E-state index in [1.807, 2.05) is 13.8 Å². The summed E-state index contributed by atoms with van der Waals surface area (Å²) in [6.07, 6.45) is 0.734. The normalized spacial score (nSPS) is 11.9. The highest BCUT2D eigenvalue weighted by Crippen LogP contribution is 2.27. The molecule has 0 bridgehead atoms. The first kappa shape index (κ1) is 30.0. The molecule has 0 unspecified atom stereocenters. The summed E-state index contributed by atoms with van der Waals surface area (Å²) >= 11 is 6.38. The van der Waals surface area contributed by atoms with Gasteiger partial charge in [-0.15, -0.1) is 0 Å². The van der Waals surface area contributed by atoms with Crippen molar-refractivity contribution < 1.29 is 22.7 Å². The van der Waals surface area contributed by atoms with Crippen LogP contribution in [0, 0.1) is 6.92 Å². The van der Waals surface area contributed by atoms with E-state index in [4.69, 9.17) is 16.3 Å². The first-order valence-corrected chi connectivity index (χ1v) is 14.4. The molecule has 1 atom stereocenters. The molecule has 208 valence electrons. The van der Waals surface area contributed by atoms with Crippen LogP contribution in [0.2, 0.25) is 5.02 Å². The van der Waals surface area contributed by atoms with E-state index in [9.17, 15) is 18.0 Å². The van der Waals surface area contributed by atoms with Gasteiger partial charge >= 0.3 is 0 Å². The maximum atomic E-state index is 13.9. The number of anilines is 1. The number of sulfonamides is 1. The predicted octanol–water partition coefficient (Wildman–Crippen LogP) is 4.80. The highest BCUT2D eigenvalue weighted by atomic mass is 35.5. The van der Waals surface area contributed by atoms with E-state index >= 15 is 0 Å². The highest BCUT2D eigenvalue weighted by Gasteiger charge is 2.32. The molecule has 10 heteroatoms. The molecule has 0 aliphatic rings. The van der Waals surface area contributed by atoms with Gasteiger partial charge < -0.3 is 15.0 Å². The van der Waals surface area contributed by atoms with Crippen LogP contribution in [-0.4, -0.2) is 51.4 Å². The van der Waals surface area contributed by atoms with Crippen molar-refractivity contribution in [3.05, 3.63) is 88.9 Å². The predicted molar refractivity (Wildman–Crippen MR) is 153 cm³/mol. The van der Waals surface area contributed by atoms with E-state index in [2.05, 4.69) is 5.32 Å². The van der Waals surface area contributed by atoms with Gasteiger partial charge in [-0.25, -0.2) is 8.42 Å². The van der Waals surface area contributed by atoms with Crippen LogP contribution >= 0.6 is 11.6 Å². The molecule has 0 fully saturated rings. The van der Waals surface area contributed by atoms with E-state index < -0.39 is 28.5 Å². The van der Waals surface area contributed by atoms with Crippen molar-refractivity contribution in [1.29, 1.82) is 0 Å².